The van der Waals surface area contributed by atoms with Crippen molar-refractivity contribution < 1.29 is 5.11 Å². The van der Waals surface area contributed by atoms with Crippen molar-refractivity contribution in [2.75, 3.05) is 19.0 Å². The van der Waals surface area contributed by atoms with Gasteiger partial charge in [-0.25, -0.2) is 0 Å². The van der Waals surface area contributed by atoms with E-state index in [9.17, 15) is 5.11 Å². The van der Waals surface area contributed by atoms with E-state index >= 15 is 0 Å². The number of rotatable bonds is 4. The third kappa shape index (κ3) is 3.08. The van der Waals surface area contributed by atoms with Crippen molar-refractivity contribution in [3.05, 3.63) is 59.9 Å². The molecule has 1 N–H and O–H groups in total. The van der Waals surface area contributed by atoms with Crippen LogP contribution in [0.1, 0.15) is 17.4 Å². The van der Waals surface area contributed by atoms with E-state index in [4.69, 9.17) is 0 Å². The van der Waals surface area contributed by atoms with E-state index < -0.39 is 6.10 Å². The van der Waals surface area contributed by atoms with Crippen molar-refractivity contribution in [1.29, 1.82) is 0 Å². The van der Waals surface area contributed by atoms with Crippen LogP contribution in [0.3, 0.4) is 0 Å². The largest absolute Gasteiger partial charge is 0.388 e. The maximum Gasteiger partial charge on any atom is 0.0846 e. The Hall–Kier alpha value is -1.87. The first-order chi connectivity index (χ1) is 8.66. The Kier molecular flexibility index (Phi) is 3.95. The molecule has 1 heterocycles. The van der Waals surface area contributed by atoms with Crippen molar-refractivity contribution in [2.24, 2.45) is 0 Å². The molecule has 0 spiro atoms. The number of hydrogen-bond acceptors (Lipinski definition) is 3. The number of aromatic nitrogens is 1. The quantitative estimate of drug-likeness (QED) is 0.894. The van der Waals surface area contributed by atoms with E-state index in [1.807, 2.05) is 61.5 Å². The topological polar surface area (TPSA) is 36.4 Å². The molecule has 0 aliphatic rings. The molecule has 1 atom stereocenters. The highest BCUT2D eigenvalue weighted by Crippen LogP contribution is 2.21. The average molecular weight is 242 g/mol. The number of aliphatic hydroxyl groups is 1. The standard InChI is InChI=1S/C15H18N2O/c1-17(2)14-8-5-6-12(10-14)15(18)11-13-7-3-4-9-16-13/h3-10,15,18H,11H2,1-2H3. The van der Waals surface area contributed by atoms with E-state index in [1.54, 1.807) is 6.20 Å². The first-order valence-electron chi connectivity index (χ1n) is 6.02. The van der Waals surface area contributed by atoms with Crippen molar-refractivity contribution in [3.63, 3.8) is 0 Å². The zero-order valence-electron chi connectivity index (χ0n) is 10.7. The molecule has 3 heteroatoms. The van der Waals surface area contributed by atoms with Crippen LogP contribution in [0, 0.1) is 0 Å². The van der Waals surface area contributed by atoms with Gasteiger partial charge in [-0.1, -0.05) is 18.2 Å². The van der Waals surface area contributed by atoms with Gasteiger partial charge in [0.15, 0.2) is 0 Å². The van der Waals surface area contributed by atoms with E-state index in [0.29, 0.717) is 6.42 Å². The molecule has 0 aliphatic carbocycles. The predicted molar refractivity (Wildman–Crippen MR) is 73.7 cm³/mol. The maximum atomic E-state index is 10.2. The van der Waals surface area contributed by atoms with Crippen molar-refractivity contribution in [2.45, 2.75) is 12.5 Å². The number of aliphatic hydroxyl groups excluding tert-OH is 1. The molecule has 0 fully saturated rings. The van der Waals surface area contributed by atoms with Gasteiger partial charge < -0.3 is 10.0 Å². The summed E-state index contributed by atoms with van der Waals surface area (Å²) < 4.78 is 0. The van der Waals surface area contributed by atoms with Crippen LogP contribution in [0.25, 0.3) is 0 Å². The van der Waals surface area contributed by atoms with Gasteiger partial charge in [0, 0.05) is 38.1 Å². The molecule has 0 amide bonds. The number of hydrogen-bond donors (Lipinski definition) is 1. The zero-order valence-corrected chi connectivity index (χ0v) is 10.7. The highest BCUT2D eigenvalue weighted by Gasteiger charge is 2.10. The van der Waals surface area contributed by atoms with Crippen LogP contribution in [0.2, 0.25) is 0 Å². The Bertz CT molecular complexity index is 497. The summed E-state index contributed by atoms with van der Waals surface area (Å²) in [7, 11) is 3.98. The molecule has 94 valence electrons. The SMILES string of the molecule is CN(C)c1cccc(C(O)Cc2ccccn2)c1. The minimum absolute atomic E-state index is 0.514. The van der Waals surface area contributed by atoms with Gasteiger partial charge in [-0.3, -0.25) is 4.98 Å². The van der Waals surface area contributed by atoms with E-state index in [2.05, 4.69) is 4.98 Å². The van der Waals surface area contributed by atoms with Crippen LogP contribution in [-0.2, 0) is 6.42 Å². The fraction of sp³-hybridized carbons (Fsp3) is 0.267. The van der Waals surface area contributed by atoms with E-state index in [-0.39, 0.29) is 0 Å². The average Bonchev–Trinajstić information content (AvgIpc) is 2.40. The van der Waals surface area contributed by atoms with Crippen LogP contribution in [-0.4, -0.2) is 24.2 Å². The second-order valence-electron chi connectivity index (χ2n) is 4.53. The lowest BCUT2D eigenvalue weighted by molar-refractivity contribution is 0.177. The third-order valence-corrected chi connectivity index (χ3v) is 2.90. The second kappa shape index (κ2) is 5.65. The summed E-state index contributed by atoms with van der Waals surface area (Å²) in [6.45, 7) is 0. The highest BCUT2D eigenvalue weighted by molar-refractivity contribution is 5.47. The summed E-state index contributed by atoms with van der Waals surface area (Å²) in [5, 5.41) is 10.2. The molecule has 1 aromatic heterocycles. The molecule has 3 nitrogen and oxygen atoms in total. The Morgan fingerprint density at radius 3 is 2.67 bits per heavy atom. The predicted octanol–water partition coefficient (Wildman–Crippen LogP) is 2.42. The lowest BCUT2D eigenvalue weighted by atomic mass is 10.0. The first-order valence-corrected chi connectivity index (χ1v) is 6.02. The van der Waals surface area contributed by atoms with Gasteiger partial charge in [-0.05, 0) is 29.8 Å². The Balaban J connectivity index is 2.14. The van der Waals surface area contributed by atoms with Gasteiger partial charge >= 0.3 is 0 Å². The second-order valence-corrected chi connectivity index (χ2v) is 4.53. The van der Waals surface area contributed by atoms with Crippen LogP contribution in [0.4, 0.5) is 5.69 Å². The van der Waals surface area contributed by atoms with Crippen LogP contribution < -0.4 is 4.90 Å². The molecular formula is C15H18N2O. The Morgan fingerprint density at radius 1 is 1.17 bits per heavy atom. The molecule has 0 saturated heterocycles. The maximum absolute atomic E-state index is 10.2. The third-order valence-electron chi connectivity index (χ3n) is 2.90. The Morgan fingerprint density at radius 2 is 2.00 bits per heavy atom. The van der Waals surface area contributed by atoms with Crippen molar-refractivity contribution in [1.82, 2.24) is 4.98 Å². The van der Waals surface area contributed by atoms with Gasteiger partial charge in [0.1, 0.15) is 0 Å². The summed E-state index contributed by atoms with van der Waals surface area (Å²) in [6.07, 6.45) is 1.77. The van der Waals surface area contributed by atoms with Gasteiger partial charge in [0.25, 0.3) is 0 Å². The van der Waals surface area contributed by atoms with Gasteiger partial charge in [-0.2, -0.15) is 0 Å². The molecule has 2 rings (SSSR count). The lowest BCUT2D eigenvalue weighted by Gasteiger charge is -2.16. The molecule has 1 unspecified atom stereocenters. The molecule has 1 aromatic carbocycles. The molecule has 0 saturated carbocycles. The monoisotopic (exact) mass is 242 g/mol. The summed E-state index contributed by atoms with van der Waals surface area (Å²) >= 11 is 0. The fourth-order valence-corrected chi connectivity index (χ4v) is 1.85. The van der Waals surface area contributed by atoms with Crippen LogP contribution in [0.15, 0.2) is 48.7 Å². The first kappa shape index (κ1) is 12.6. The molecular weight excluding hydrogens is 224 g/mol. The summed E-state index contributed by atoms with van der Waals surface area (Å²) in [6, 6.07) is 13.7. The summed E-state index contributed by atoms with van der Waals surface area (Å²) in [4.78, 5) is 6.26. The normalized spacial score (nSPS) is 12.2. The Labute approximate surface area is 108 Å². The van der Waals surface area contributed by atoms with Crippen LogP contribution in [0.5, 0.6) is 0 Å². The summed E-state index contributed by atoms with van der Waals surface area (Å²) in [5.74, 6) is 0. The number of pyridine rings is 1. The molecule has 0 aliphatic heterocycles. The lowest BCUT2D eigenvalue weighted by Crippen LogP contribution is -2.10. The van der Waals surface area contributed by atoms with Crippen molar-refractivity contribution in [3.8, 4) is 0 Å². The van der Waals surface area contributed by atoms with E-state index in [1.165, 1.54) is 0 Å². The summed E-state index contributed by atoms with van der Waals surface area (Å²) in [5.41, 5.74) is 2.92. The molecule has 0 radical (unpaired) electrons. The minimum atomic E-state index is -0.514. The smallest absolute Gasteiger partial charge is 0.0846 e. The molecule has 2 aromatic rings. The van der Waals surface area contributed by atoms with Crippen molar-refractivity contribution >= 4 is 5.69 Å². The molecule has 18 heavy (non-hydrogen) atoms. The van der Waals surface area contributed by atoms with E-state index in [0.717, 1.165) is 16.9 Å². The fourth-order valence-electron chi connectivity index (χ4n) is 1.85. The number of anilines is 1. The van der Waals surface area contributed by atoms with Gasteiger partial charge in [-0.15, -0.1) is 0 Å². The zero-order chi connectivity index (χ0) is 13.0. The van der Waals surface area contributed by atoms with Gasteiger partial charge in [0.2, 0.25) is 0 Å². The van der Waals surface area contributed by atoms with Gasteiger partial charge in [0.05, 0.1) is 6.10 Å². The highest BCUT2D eigenvalue weighted by atomic mass is 16.3. The number of benzene rings is 1. The minimum Gasteiger partial charge on any atom is -0.388 e. The molecule has 0 bridgehead atoms. The number of nitrogens with zero attached hydrogens (tertiary/aromatic N) is 2. The van der Waals surface area contributed by atoms with Crippen LogP contribution >= 0.6 is 0 Å².